The summed E-state index contributed by atoms with van der Waals surface area (Å²) in [6, 6.07) is 2.24. The summed E-state index contributed by atoms with van der Waals surface area (Å²) in [6.45, 7) is 1.83. The molecule has 2 aromatic rings. The van der Waals surface area contributed by atoms with Crippen molar-refractivity contribution in [2.24, 2.45) is 5.73 Å². The van der Waals surface area contributed by atoms with Gasteiger partial charge in [-0.1, -0.05) is 0 Å². The van der Waals surface area contributed by atoms with E-state index in [0.29, 0.717) is 11.5 Å². The number of nitrogens with one attached hydrogen (secondary N) is 1. The summed E-state index contributed by atoms with van der Waals surface area (Å²) in [6.07, 6.45) is 2.35. The average Bonchev–Trinajstić information content (AvgIpc) is 2.93. The molecule has 3 heterocycles. The van der Waals surface area contributed by atoms with Crippen molar-refractivity contribution in [2.45, 2.75) is 13.0 Å². The van der Waals surface area contributed by atoms with Gasteiger partial charge in [0.15, 0.2) is 5.82 Å². The zero-order chi connectivity index (χ0) is 12.7. The van der Waals surface area contributed by atoms with E-state index < -0.39 is 6.03 Å². The molecule has 0 unspecified atom stereocenters. The van der Waals surface area contributed by atoms with Crippen LogP contribution in [-0.4, -0.2) is 44.3 Å². The molecule has 1 amide bonds. The molecule has 18 heavy (non-hydrogen) atoms. The number of primary amides is 1. The Bertz CT molecular complexity index is 598. The lowest BCUT2D eigenvalue weighted by atomic mass is 10.2. The smallest absolute Gasteiger partial charge is 0.339 e. The van der Waals surface area contributed by atoms with Gasteiger partial charge < -0.3 is 15.6 Å². The first kappa shape index (κ1) is 11.0. The summed E-state index contributed by atoms with van der Waals surface area (Å²) in [5.74, 6) is 0.635. The van der Waals surface area contributed by atoms with Crippen molar-refractivity contribution >= 4 is 6.03 Å². The zero-order valence-electron chi connectivity index (χ0n) is 9.97. The first-order valence-electron chi connectivity index (χ1n) is 5.67. The summed E-state index contributed by atoms with van der Waals surface area (Å²) in [4.78, 5) is 20.9. The Morgan fingerprint density at radius 1 is 1.61 bits per heavy atom. The highest BCUT2D eigenvalue weighted by Gasteiger charge is 2.19. The Morgan fingerprint density at radius 2 is 2.44 bits per heavy atom. The lowest BCUT2D eigenvalue weighted by molar-refractivity contribution is 0.248. The van der Waals surface area contributed by atoms with Crippen molar-refractivity contribution in [1.29, 1.82) is 0 Å². The highest BCUT2D eigenvalue weighted by molar-refractivity contribution is 5.74. The van der Waals surface area contributed by atoms with Crippen LogP contribution >= 0.6 is 0 Å². The number of amides is 1. The minimum atomic E-state index is -0.631. The molecule has 1 radical (unpaired) electrons. The highest BCUT2D eigenvalue weighted by Crippen LogP contribution is 2.20. The number of rotatable bonds is 1. The summed E-state index contributed by atoms with van der Waals surface area (Å²) in [5, 5.41) is 4.02. The zero-order valence-corrected chi connectivity index (χ0v) is 9.97. The third-order valence-corrected chi connectivity index (χ3v) is 3.01. The number of fused-ring (bicyclic) bond motifs is 1. The molecular formula is C11H13N6O. The number of carbonyl (C=O) groups excluding carboxylic acids is 1. The molecular weight excluding hydrogens is 232 g/mol. The maximum absolute atomic E-state index is 10.9. The maximum Gasteiger partial charge on any atom is 0.339 e. The van der Waals surface area contributed by atoms with Gasteiger partial charge >= 0.3 is 6.03 Å². The Balaban J connectivity index is 1.94. The van der Waals surface area contributed by atoms with E-state index in [1.807, 2.05) is 0 Å². The van der Waals surface area contributed by atoms with Gasteiger partial charge in [-0.15, -0.1) is 0 Å². The minimum Gasteiger partial charge on any atom is -0.350 e. The van der Waals surface area contributed by atoms with Crippen molar-refractivity contribution in [2.75, 3.05) is 13.6 Å². The van der Waals surface area contributed by atoms with E-state index in [9.17, 15) is 4.79 Å². The van der Waals surface area contributed by atoms with Crippen molar-refractivity contribution in [1.82, 2.24) is 24.6 Å². The van der Waals surface area contributed by atoms with Gasteiger partial charge in [-0.05, 0) is 7.05 Å². The molecule has 0 saturated heterocycles. The molecule has 0 aromatic carbocycles. The first-order chi connectivity index (χ1) is 8.63. The molecule has 1 aliphatic rings. The Morgan fingerprint density at radius 3 is 3.17 bits per heavy atom. The van der Waals surface area contributed by atoms with E-state index in [1.165, 1.54) is 6.20 Å². The number of H-pyrrole nitrogens is 1. The molecule has 7 heteroatoms. The molecule has 7 nitrogen and oxygen atoms in total. The Hall–Kier alpha value is -2.15. The van der Waals surface area contributed by atoms with Crippen LogP contribution in [0.4, 0.5) is 4.79 Å². The molecule has 0 bridgehead atoms. The molecule has 1 aliphatic heterocycles. The Labute approximate surface area is 104 Å². The number of hydrogen-bond acceptors (Lipinski definition) is 4. The quantitative estimate of drug-likeness (QED) is 0.739. The van der Waals surface area contributed by atoms with Crippen molar-refractivity contribution < 1.29 is 4.79 Å². The van der Waals surface area contributed by atoms with E-state index >= 15 is 0 Å². The molecule has 2 aromatic heterocycles. The molecule has 0 fully saturated rings. The van der Waals surface area contributed by atoms with Gasteiger partial charge in [0.25, 0.3) is 0 Å². The number of aromatic amines is 1. The average molecular weight is 245 g/mol. The number of carbonyl (C=O) groups is 1. The van der Waals surface area contributed by atoms with Crippen LogP contribution in [0.2, 0.25) is 0 Å². The van der Waals surface area contributed by atoms with Gasteiger partial charge in [-0.25, -0.2) is 9.78 Å². The summed E-state index contributed by atoms with van der Waals surface area (Å²) in [7, 11) is 2.06. The number of hydrogen-bond donors (Lipinski definition) is 2. The number of nitrogens with zero attached hydrogens (tertiary/aromatic N) is 4. The standard InChI is InChI=1S/C11H13N6O/c1-16-4-2-7-9(6-16)14-10(13-7)8-3-5-17(15-8)11(12)18/h5H,2,4,6H2,1H3,(H2,12,18)(H,13,14). The topological polar surface area (TPSA) is 92.8 Å². The van der Waals surface area contributed by atoms with Crippen LogP contribution in [0.25, 0.3) is 11.5 Å². The van der Waals surface area contributed by atoms with Gasteiger partial charge in [0.2, 0.25) is 0 Å². The molecule has 0 spiro atoms. The van der Waals surface area contributed by atoms with Crippen LogP contribution in [0.15, 0.2) is 6.20 Å². The lowest BCUT2D eigenvalue weighted by Crippen LogP contribution is -2.26. The fourth-order valence-electron chi connectivity index (χ4n) is 2.05. The number of imidazole rings is 1. The van der Waals surface area contributed by atoms with Crippen LogP contribution < -0.4 is 5.73 Å². The van der Waals surface area contributed by atoms with E-state index in [0.717, 1.165) is 35.6 Å². The third kappa shape index (κ3) is 1.78. The lowest BCUT2D eigenvalue weighted by Gasteiger charge is -2.20. The van der Waals surface area contributed by atoms with Crippen LogP contribution in [0.3, 0.4) is 0 Å². The van der Waals surface area contributed by atoms with Crippen molar-refractivity contribution in [3.05, 3.63) is 23.7 Å². The third-order valence-electron chi connectivity index (χ3n) is 3.01. The summed E-state index contributed by atoms with van der Waals surface area (Å²) >= 11 is 0. The predicted octanol–water partition coefficient (Wildman–Crippen LogP) is -0.0119. The summed E-state index contributed by atoms with van der Waals surface area (Å²) < 4.78 is 1.04. The molecule has 0 atom stereocenters. The van der Waals surface area contributed by atoms with Crippen molar-refractivity contribution in [3.8, 4) is 11.5 Å². The second kappa shape index (κ2) is 3.95. The highest BCUT2D eigenvalue weighted by atomic mass is 16.2. The monoisotopic (exact) mass is 245 g/mol. The van der Waals surface area contributed by atoms with Crippen LogP contribution in [0, 0.1) is 6.07 Å². The van der Waals surface area contributed by atoms with Gasteiger partial charge in [-0.3, -0.25) is 0 Å². The van der Waals surface area contributed by atoms with E-state index in [-0.39, 0.29) is 0 Å². The molecule has 3 rings (SSSR count). The fraction of sp³-hybridized carbons (Fsp3) is 0.364. The minimum absolute atomic E-state index is 0.505. The molecule has 93 valence electrons. The predicted molar refractivity (Wildman–Crippen MR) is 63.7 cm³/mol. The molecule has 0 saturated carbocycles. The largest absolute Gasteiger partial charge is 0.350 e. The molecule has 3 N–H and O–H groups in total. The van der Waals surface area contributed by atoms with Crippen LogP contribution in [0.5, 0.6) is 0 Å². The second-order valence-corrected chi connectivity index (χ2v) is 4.40. The maximum atomic E-state index is 10.9. The number of nitrogens with two attached hydrogens (primary N) is 1. The number of likely N-dealkylation sites (N-methyl/N-ethyl adjacent to an activating group) is 1. The van der Waals surface area contributed by atoms with Gasteiger partial charge in [0.05, 0.1) is 5.69 Å². The number of aromatic nitrogens is 4. The fourth-order valence-corrected chi connectivity index (χ4v) is 2.05. The van der Waals surface area contributed by atoms with Gasteiger partial charge in [0.1, 0.15) is 5.69 Å². The van der Waals surface area contributed by atoms with E-state index in [4.69, 9.17) is 5.73 Å². The van der Waals surface area contributed by atoms with Gasteiger partial charge in [-0.2, -0.15) is 9.78 Å². The van der Waals surface area contributed by atoms with Gasteiger partial charge in [0, 0.05) is 37.5 Å². The van der Waals surface area contributed by atoms with E-state index in [2.05, 4.69) is 33.1 Å². The molecule has 0 aliphatic carbocycles. The first-order valence-corrected chi connectivity index (χ1v) is 5.67. The van der Waals surface area contributed by atoms with Crippen LogP contribution in [-0.2, 0) is 13.0 Å². The van der Waals surface area contributed by atoms with Crippen molar-refractivity contribution in [3.63, 3.8) is 0 Å². The normalized spacial score (nSPS) is 15.6. The Kier molecular flexibility index (Phi) is 2.41. The second-order valence-electron chi connectivity index (χ2n) is 4.40. The van der Waals surface area contributed by atoms with E-state index in [1.54, 1.807) is 0 Å². The van der Waals surface area contributed by atoms with Crippen LogP contribution in [0.1, 0.15) is 11.4 Å². The summed E-state index contributed by atoms with van der Waals surface area (Å²) in [5.41, 5.74) is 7.79. The SMILES string of the molecule is CN1CCc2[nH]c(-c3[c]cn(C(N)=O)n3)nc2C1.